The molecule has 1 aliphatic rings. The molecule has 0 aliphatic carbocycles. The zero-order chi connectivity index (χ0) is 19.9. The van der Waals surface area contributed by atoms with Crippen molar-refractivity contribution in [3.63, 3.8) is 0 Å². The molecule has 1 fully saturated rings. The number of benzene rings is 1. The molecular formula is C20H24FN3O4. The van der Waals surface area contributed by atoms with E-state index in [4.69, 9.17) is 9.47 Å². The normalized spacial score (nSPS) is 14.9. The molecule has 0 atom stereocenters. The first-order chi connectivity index (χ1) is 13.6. The Kier molecular flexibility index (Phi) is 6.89. The van der Waals surface area contributed by atoms with E-state index >= 15 is 0 Å². The van der Waals surface area contributed by atoms with Gasteiger partial charge in [-0.3, -0.25) is 0 Å². The van der Waals surface area contributed by atoms with Gasteiger partial charge in [0.25, 0.3) is 0 Å². The fourth-order valence-electron chi connectivity index (χ4n) is 3.16. The maximum absolute atomic E-state index is 14.4. The van der Waals surface area contributed by atoms with E-state index in [0.29, 0.717) is 36.8 Å². The highest BCUT2D eigenvalue weighted by Gasteiger charge is 2.22. The first kappa shape index (κ1) is 20.2. The second-order valence-electron chi connectivity index (χ2n) is 6.51. The molecule has 0 bridgehead atoms. The molecule has 1 N–H and O–H groups in total. The topological polar surface area (TPSA) is 84.8 Å². The zero-order valence-corrected chi connectivity index (χ0v) is 15.8. The molecule has 3 rings (SSSR count). The summed E-state index contributed by atoms with van der Waals surface area (Å²) in [7, 11) is 0. The van der Waals surface area contributed by atoms with E-state index in [9.17, 15) is 14.3 Å². The number of hydrogen-bond donors (Lipinski definition) is 1. The van der Waals surface area contributed by atoms with Gasteiger partial charge in [0, 0.05) is 42.2 Å². The molecule has 0 spiro atoms. The number of rotatable bonds is 7. The van der Waals surface area contributed by atoms with Gasteiger partial charge < -0.3 is 19.5 Å². The van der Waals surface area contributed by atoms with Crippen LogP contribution in [0.2, 0.25) is 0 Å². The van der Waals surface area contributed by atoms with Crippen LogP contribution < -0.4 is 4.90 Å². The third-order valence-corrected chi connectivity index (χ3v) is 4.67. The molecule has 0 saturated carbocycles. The molecule has 0 radical (unpaired) electrons. The Morgan fingerprint density at radius 3 is 2.64 bits per heavy atom. The van der Waals surface area contributed by atoms with E-state index in [1.807, 2.05) is 4.90 Å². The van der Waals surface area contributed by atoms with E-state index in [1.54, 1.807) is 37.5 Å². The Bertz CT molecular complexity index is 793. The van der Waals surface area contributed by atoms with Gasteiger partial charge in [-0.1, -0.05) is 18.2 Å². The molecule has 7 nitrogen and oxygen atoms in total. The number of anilines is 1. The predicted octanol–water partition coefficient (Wildman–Crippen LogP) is 2.32. The number of aromatic nitrogens is 2. The molecule has 28 heavy (non-hydrogen) atoms. The van der Waals surface area contributed by atoms with Crippen LogP contribution in [0, 0.1) is 5.82 Å². The second kappa shape index (κ2) is 9.57. The van der Waals surface area contributed by atoms with Crippen LogP contribution in [0.1, 0.15) is 25.3 Å². The SMILES string of the molecule is CCOC(=O)COC1CCN(c2ncc(-c3cccc(CO)c3F)cn2)CC1. The fourth-order valence-corrected chi connectivity index (χ4v) is 3.16. The van der Waals surface area contributed by atoms with Crippen LogP contribution in [0.25, 0.3) is 11.1 Å². The van der Waals surface area contributed by atoms with Gasteiger partial charge in [0.05, 0.1) is 19.3 Å². The minimum absolute atomic E-state index is 0.00949. The number of nitrogens with zero attached hydrogens (tertiary/aromatic N) is 3. The number of aliphatic hydroxyl groups excluding tert-OH is 1. The fraction of sp³-hybridized carbons (Fsp3) is 0.450. The summed E-state index contributed by atoms with van der Waals surface area (Å²) < 4.78 is 24.8. The Labute approximate surface area is 163 Å². The van der Waals surface area contributed by atoms with Gasteiger partial charge in [0.15, 0.2) is 0 Å². The minimum Gasteiger partial charge on any atom is -0.464 e. The third kappa shape index (κ3) is 4.82. The van der Waals surface area contributed by atoms with E-state index in [2.05, 4.69) is 9.97 Å². The maximum atomic E-state index is 14.4. The Balaban J connectivity index is 1.57. The van der Waals surface area contributed by atoms with Gasteiger partial charge in [-0.15, -0.1) is 0 Å². The Morgan fingerprint density at radius 2 is 2.00 bits per heavy atom. The molecule has 8 heteroatoms. The molecule has 0 amide bonds. The number of esters is 1. The average molecular weight is 389 g/mol. The average Bonchev–Trinajstić information content (AvgIpc) is 2.73. The summed E-state index contributed by atoms with van der Waals surface area (Å²) in [5.41, 5.74) is 1.17. The summed E-state index contributed by atoms with van der Waals surface area (Å²) in [5, 5.41) is 9.21. The highest BCUT2D eigenvalue weighted by atomic mass is 19.1. The molecule has 1 aromatic carbocycles. The number of halogens is 1. The first-order valence-corrected chi connectivity index (χ1v) is 9.35. The Morgan fingerprint density at radius 1 is 1.29 bits per heavy atom. The maximum Gasteiger partial charge on any atom is 0.332 e. The summed E-state index contributed by atoms with van der Waals surface area (Å²) in [6.07, 6.45) is 4.71. The first-order valence-electron chi connectivity index (χ1n) is 9.35. The van der Waals surface area contributed by atoms with Crippen molar-refractivity contribution < 1.29 is 23.8 Å². The second-order valence-corrected chi connectivity index (χ2v) is 6.51. The van der Waals surface area contributed by atoms with E-state index in [0.717, 1.165) is 12.8 Å². The van der Waals surface area contributed by atoms with Crippen molar-refractivity contribution in [1.29, 1.82) is 0 Å². The summed E-state index contributed by atoms with van der Waals surface area (Å²) >= 11 is 0. The largest absolute Gasteiger partial charge is 0.464 e. The minimum atomic E-state index is -0.457. The van der Waals surface area contributed by atoms with Crippen LogP contribution in [-0.4, -0.2) is 53.5 Å². The van der Waals surface area contributed by atoms with Gasteiger partial charge in [-0.25, -0.2) is 19.2 Å². The lowest BCUT2D eigenvalue weighted by molar-refractivity contribution is -0.150. The van der Waals surface area contributed by atoms with Crippen molar-refractivity contribution in [2.75, 3.05) is 31.2 Å². The lowest BCUT2D eigenvalue weighted by Crippen LogP contribution is -2.38. The van der Waals surface area contributed by atoms with Crippen molar-refractivity contribution in [3.05, 3.63) is 42.0 Å². The summed E-state index contributed by atoms with van der Waals surface area (Å²) in [6.45, 7) is 3.15. The highest BCUT2D eigenvalue weighted by molar-refractivity contribution is 5.70. The van der Waals surface area contributed by atoms with Crippen LogP contribution in [0.3, 0.4) is 0 Å². The molecule has 1 aromatic heterocycles. The van der Waals surface area contributed by atoms with Gasteiger partial charge in [0.1, 0.15) is 12.4 Å². The molecule has 150 valence electrons. The van der Waals surface area contributed by atoms with Gasteiger partial charge in [-0.05, 0) is 19.8 Å². The molecule has 2 heterocycles. The van der Waals surface area contributed by atoms with Gasteiger partial charge >= 0.3 is 5.97 Å². The smallest absolute Gasteiger partial charge is 0.332 e. The zero-order valence-electron chi connectivity index (χ0n) is 15.8. The van der Waals surface area contributed by atoms with E-state index < -0.39 is 5.82 Å². The molecule has 2 aromatic rings. The predicted molar refractivity (Wildman–Crippen MR) is 101 cm³/mol. The van der Waals surface area contributed by atoms with Crippen LogP contribution in [0.4, 0.5) is 10.3 Å². The van der Waals surface area contributed by atoms with E-state index in [1.165, 1.54) is 0 Å². The lowest BCUT2D eigenvalue weighted by Gasteiger charge is -2.31. The Hall–Kier alpha value is -2.58. The molecule has 1 saturated heterocycles. The standard InChI is InChI=1S/C20H24FN3O4/c1-2-27-18(26)13-28-16-6-8-24(9-7-16)20-22-10-15(11-23-20)17-5-3-4-14(12-25)19(17)21/h3-5,10-11,16,25H,2,6-9,12-13H2,1H3. The van der Waals surface area contributed by atoms with Crippen LogP contribution in [0.15, 0.2) is 30.6 Å². The monoisotopic (exact) mass is 389 g/mol. The summed E-state index contributed by atoms with van der Waals surface area (Å²) in [4.78, 5) is 22.1. The quantitative estimate of drug-likeness (QED) is 0.728. The van der Waals surface area contributed by atoms with Crippen molar-refractivity contribution >= 4 is 11.9 Å². The third-order valence-electron chi connectivity index (χ3n) is 4.67. The number of ether oxygens (including phenoxy) is 2. The van der Waals surface area contributed by atoms with Crippen LogP contribution in [0.5, 0.6) is 0 Å². The lowest BCUT2D eigenvalue weighted by atomic mass is 10.1. The van der Waals surface area contributed by atoms with Crippen molar-refractivity contribution in [2.24, 2.45) is 0 Å². The van der Waals surface area contributed by atoms with Gasteiger partial charge in [-0.2, -0.15) is 0 Å². The highest BCUT2D eigenvalue weighted by Crippen LogP contribution is 2.25. The van der Waals surface area contributed by atoms with Crippen molar-refractivity contribution in [2.45, 2.75) is 32.5 Å². The molecule has 0 unspecified atom stereocenters. The number of carbonyl (C=O) groups is 1. The van der Waals surface area contributed by atoms with Crippen molar-refractivity contribution in [1.82, 2.24) is 9.97 Å². The number of carbonyl (C=O) groups excluding carboxylic acids is 1. The van der Waals surface area contributed by atoms with Crippen molar-refractivity contribution in [3.8, 4) is 11.1 Å². The number of piperidine rings is 1. The van der Waals surface area contributed by atoms with Crippen LogP contribution in [-0.2, 0) is 20.9 Å². The van der Waals surface area contributed by atoms with Crippen LogP contribution >= 0.6 is 0 Å². The van der Waals surface area contributed by atoms with Gasteiger partial charge in [0.2, 0.25) is 5.95 Å². The number of aliphatic hydroxyl groups is 1. The number of hydrogen-bond acceptors (Lipinski definition) is 7. The summed E-state index contributed by atoms with van der Waals surface area (Å²) in [5.74, 6) is -0.228. The molecular weight excluding hydrogens is 365 g/mol. The molecule has 1 aliphatic heterocycles. The summed E-state index contributed by atoms with van der Waals surface area (Å²) in [6, 6.07) is 4.88. The van der Waals surface area contributed by atoms with E-state index in [-0.39, 0.29) is 30.9 Å².